The molecule has 0 aliphatic carbocycles. The number of H-pyrrole nitrogens is 1. The van der Waals surface area contributed by atoms with E-state index in [1.54, 1.807) is 12.3 Å². The standard InChI is InChI=1S/C14H12FN3/c1-8-5-12-14(16-7-8)18-13(17-12)11-6-10(15)4-3-9(11)2/h3-7H,1-2H3,(H,16,17,18). The molecule has 1 aromatic carbocycles. The Kier molecular flexibility index (Phi) is 2.37. The molecule has 90 valence electrons. The first-order valence-electron chi connectivity index (χ1n) is 5.72. The van der Waals surface area contributed by atoms with Gasteiger partial charge in [-0.05, 0) is 43.2 Å². The summed E-state index contributed by atoms with van der Waals surface area (Å²) < 4.78 is 13.3. The molecule has 0 atom stereocenters. The maximum Gasteiger partial charge on any atom is 0.178 e. The number of hydrogen-bond acceptors (Lipinski definition) is 2. The van der Waals surface area contributed by atoms with Gasteiger partial charge in [0.1, 0.15) is 11.6 Å². The summed E-state index contributed by atoms with van der Waals surface area (Å²) >= 11 is 0. The van der Waals surface area contributed by atoms with Crippen LogP contribution in [0.5, 0.6) is 0 Å². The van der Waals surface area contributed by atoms with Crippen molar-refractivity contribution in [3.8, 4) is 11.4 Å². The number of pyridine rings is 1. The Morgan fingerprint density at radius 3 is 2.83 bits per heavy atom. The van der Waals surface area contributed by atoms with Gasteiger partial charge in [0, 0.05) is 11.8 Å². The van der Waals surface area contributed by atoms with Crippen molar-refractivity contribution < 1.29 is 4.39 Å². The summed E-state index contributed by atoms with van der Waals surface area (Å²) in [5.74, 6) is 0.389. The van der Waals surface area contributed by atoms with Gasteiger partial charge in [0.05, 0.1) is 5.52 Å². The highest BCUT2D eigenvalue weighted by Crippen LogP contribution is 2.23. The lowest BCUT2D eigenvalue weighted by atomic mass is 10.1. The van der Waals surface area contributed by atoms with Crippen molar-refractivity contribution in [3.05, 3.63) is 47.4 Å². The molecule has 0 aliphatic rings. The first-order chi connectivity index (χ1) is 8.63. The molecule has 0 aliphatic heterocycles. The monoisotopic (exact) mass is 241 g/mol. The summed E-state index contributed by atoms with van der Waals surface area (Å²) in [6.07, 6.45) is 1.77. The molecule has 0 saturated heterocycles. The minimum absolute atomic E-state index is 0.264. The molecule has 3 rings (SSSR count). The first kappa shape index (κ1) is 10.9. The summed E-state index contributed by atoms with van der Waals surface area (Å²) in [4.78, 5) is 11.8. The highest BCUT2D eigenvalue weighted by atomic mass is 19.1. The van der Waals surface area contributed by atoms with Gasteiger partial charge < -0.3 is 4.98 Å². The van der Waals surface area contributed by atoms with Crippen LogP contribution in [0.15, 0.2) is 30.5 Å². The largest absolute Gasteiger partial charge is 0.337 e. The van der Waals surface area contributed by atoms with E-state index in [1.165, 1.54) is 12.1 Å². The molecule has 0 bridgehead atoms. The number of aromatic nitrogens is 3. The lowest BCUT2D eigenvalue weighted by molar-refractivity contribution is 0.628. The second-order valence-electron chi connectivity index (χ2n) is 4.43. The van der Waals surface area contributed by atoms with Gasteiger partial charge in [-0.2, -0.15) is 0 Å². The molecule has 0 amide bonds. The quantitative estimate of drug-likeness (QED) is 0.709. The van der Waals surface area contributed by atoms with Crippen molar-refractivity contribution in [2.24, 2.45) is 0 Å². The molecule has 0 radical (unpaired) electrons. The topological polar surface area (TPSA) is 41.6 Å². The Labute approximate surface area is 104 Å². The summed E-state index contributed by atoms with van der Waals surface area (Å²) in [6, 6.07) is 6.66. The second-order valence-corrected chi connectivity index (χ2v) is 4.43. The maximum absolute atomic E-state index is 13.3. The summed E-state index contributed by atoms with van der Waals surface area (Å²) in [5, 5.41) is 0. The zero-order valence-corrected chi connectivity index (χ0v) is 10.2. The van der Waals surface area contributed by atoms with Crippen LogP contribution in [0.2, 0.25) is 0 Å². The Morgan fingerprint density at radius 1 is 1.17 bits per heavy atom. The van der Waals surface area contributed by atoms with E-state index < -0.39 is 0 Å². The molecule has 0 spiro atoms. The van der Waals surface area contributed by atoms with Crippen LogP contribution in [-0.2, 0) is 0 Å². The van der Waals surface area contributed by atoms with E-state index in [1.807, 2.05) is 19.9 Å². The molecule has 3 aromatic rings. The van der Waals surface area contributed by atoms with Crippen LogP contribution in [0, 0.1) is 19.7 Å². The smallest absolute Gasteiger partial charge is 0.178 e. The van der Waals surface area contributed by atoms with E-state index in [-0.39, 0.29) is 5.82 Å². The Balaban J connectivity index is 2.22. The van der Waals surface area contributed by atoms with Crippen molar-refractivity contribution in [2.75, 3.05) is 0 Å². The number of nitrogens with zero attached hydrogens (tertiary/aromatic N) is 2. The average Bonchev–Trinajstić information content (AvgIpc) is 2.74. The number of fused-ring (bicyclic) bond motifs is 1. The van der Waals surface area contributed by atoms with Crippen LogP contribution in [-0.4, -0.2) is 15.0 Å². The Hall–Kier alpha value is -2.23. The predicted octanol–water partition coefficient (Wildman–Crippen LogP) is 3.38. The minimum Gasteiger partial charge on any atom is -0.337 e. The third-order valence-electron chi connectivity index (χ3n) is 2.93. The van der Waals surface area contributed by atoms with Crippen LogP contribution in [0.25, 0.3) is 22.6 Å². The van der Waals surface area contributed by atoms with Crippen LogP contribution >= 0.6 is 0 Å². The van der Waals surface area contributed by atoms with E-state index in [0.717, 1.165) is 22.2 Å². The van der Waals surface area contributed by atoms with E-state index >= 15 is 0 Å². The highest BCUT2D eigenvalue weighted by Gasteiger charge is 2.09. The number of halogens is 1. The van der Waals surface area contributed by atoms with Gasteiger partial charge in [-0.1, -0.05) is 6.07 Å². The third kappa shape index (κ3) is 1.76. The molecule has 3 nitrogen and oxygen atoms in total. The molecule has 1 N–H and O–H groups in total. The van der Waals surface area contributed by atoms with Gasteiger partial charge in [0.2, 0.25) is 0 Å². The highest BCUT2D eigenvalue weighted by molar-refractivity contribution is 5.77. The van der Waals surface area contributed by atoms with Crippen LogP contribution < -0.4 is 0 Å². The lowest BCUT2D eigenvalue weighted by Gasteiger charge is -2.01. The summed E-state index contributed by atoms with van der Waals surface area (Å²) in [5.41, 5.74) is 4.33. The lowest BCUT2D eigenvalue weighted by Crippen LogP contribution is -1.87. The second kappa shape index (κ2) is 3.91. The van der Waals surface area contributed by atoms with Crippen molar-refractivity contribution in [1.82, 2.24) is 15.0 Å². The number of hydrogen-bond donors (Lipinski definition) is 1. The molecule has 2 aromatic heterocycles. The van der Waals surface area contributed by atoms with E-state index in [4.69, 9.17) is 0 Å². The Morgan fingerprint density at radius 2 is 2.00 bits per heavy atom. The Bertz CT molecular complexity index is 731. The fourth-order valence-corrected chi connectivity index (χ4v) is 1.98. The number of imidazole rings is 1. The first-order valence-corrected chi connectivity index (χ1v) is 5.72. The molecular formula is C14H12FN3. The molecule has 0 unspecified atom stereocenters. The zero-order valence-electron chi connectivity index (χ0n) is 10.2. The normalized spacial score (nSPS) is 11.1. The zero-order chi connectivity index (χ0) is 12.7. The minimum atomic E-state index is -0.264. The van der Waals surface area contributed by atoms with Gasteiger partial charge in [-0.25, -0.2) is 14.4 Å². The number of aromatic amines is 1. The van der Waals surface area contributed by atoms with Crippen LogP contribution in [0.1, 0.15) is 11.1 Å². The maximum atomic E-state index is 13.3. The van der Waals surface area contributed by atoms with Gasteiger partial charge in [-0.15, -0.1) is 0 Å². The molecule has 4 heteroatoms. The van der Waals surface area contributed by atoms with Gasteiger partial charge >= 0.3 is 0 Å². The van der Waals surface area contributed by atoms with Crippen molar-refractivity contribution in [2.45, 2.75) is 13.8 Å². The molecule has 18 heavy (non-hydrogen) atoms. The van der Waals surface area contributed by atoms with Gasteiger partial charge in [0.25, 0.3) is 0 Å². The number of nitrogens with one attached hydrogen (secondary N) is 1. The molecule has 2 heterocycles. The van der Waals surface area contributed by atoms with E-state index in [2.05, 4.69) is 15.0 Å². The molecular weight excluding hydrogens is 229 g/mol. The average molecular weight is 241 g/mol. The number of benzene rings is 1. The SMILES string of the molecule is Cc1cnc2nc(-c3cc(F)ccc3C)[nH]c2c1. The molecule has 0 fully saturated rings. The van der Waals surface area contributed by atoms with Crippen LogP contribution in [0.3, 0.4) is 0 Å². The number of rotatable bonds is 1. The third-order valence-corrected chi connectivity index (χ3v) is 2.93. The van der Waals surface area contributed by atoms with E-state index in [0.29, 0.717) is 11.5 Å². The fourth-order valence-electron chi connectivity index (χ4n) is 1.98. The predicted molar refractivity (Wildman–Crippen MR) is 68.8 cm³/mol. The van der Waals surface area contributed by atoms with Gasteiger partial charge in [0.15, 0.2) is 5.65 Å². The van der Waals surface area contributed by atoms with Crippen molar-refractivity contribution in [1.29, 1.82) is 0 Å². The van der Waals surface area contributed by atoms with Crippen molar-refractivity contribution >= 4 is 11.2 Å². The van der Waals surface area contributed by atoms with Gasteiger partial charge in [-0.3, -0.25) is 0 Å². The van der Waals surface area contributed by atoms with Crippen molar-refractivity contribution in [3.63, 3.8) is 0 Å². The summed E-state index contributed by atoms with van der Waals surface area (Å²) in [6.45, 7) is 3.90. The number of aryl methyl sites for hydroxylation is 2. The van der Waals surface area contributed by atoms with E-state index in [9.17, 15) is 4.39 Å². The molecule has 0 saturated carbocycles. The van der Waals surface area contributed by atoms with Crippen LogP contribution in [0.4, 0.5) is 4.39 Å². The summed E-state index contributed by atoms with van der Waals surface area (Å²) in [7, 11) is 0. The fraction of sp³-hybridized carbons (Fsp3) is 0.143.